The van der Waals surface area contributed by atoms with Gasteiger partial charge in [0.15, 0.2) is 0 Å². The van der Waals surface area contributed by atoms with E-state index in [1.165, 1.54) is 0 Å². The lowest BCUT2D eigenvalue weighted by Gasteiger charge is -2.26. The van der Waals surface area contributed by atoms with Crippen LogP contribution in [0.2, 0.25) is 5.02 Å². The molecule has 1 aliphatic heterocycles. The van der Waals surface area contributed by atoms with Gasteiger partial charge in [0.05, 0.1) is 18.4 Å². The predicted octanol–water partition coefficient (Wildman–Crippen LogP) is 4.47. The SMILES string of the molecule is Cc1ccc(NC(=O)c2cccc(Cl)c2)cc1C(=O)NC1=CN=C(Nc2cccc(N)c2)N(C)C1. The molecule has 3 aromatic carbocycles. The fourth-order valence-electron chi connectivity index (χ4n) is 3.54. The Balaban J connectivity index is 1.45. The Hall–Kier alpha value is -4.30. The summed E-state index contributed by atoms with van der Waals surface area (Å²) < 4.78 is 0. The van der Waals surface area contributed by atoms with Gasteiger partial charge in [-0.05, 0) is 61.0 Å². The van der Waals surface area contributed by atoms with E-state index in [2.05, 4.69) is 20.9 Å². The molecule has 0 saturated carbocycles. The standard InChI is InChI=1S/C26H25ClN6O2/c1-16-9-10-21(30-24(34)17-5-3-6-18(27)11-17)13-23(16)25(35)31-22-14-29-26(33(2)15-22)32-20-8-4-7-19(28)12-20/h3-14H,15,28H2,1-2H3,(H,29,32)(H,30,34)(H,31,35). The maximum Gasteiger partial charge on any atom is 0.255 e. The number of guanidine groups is 1. The number of hydrogen-bond donors (Lipinski definition) is 4. The fourth-order valence-corrected chi connectivity index (χ4v) is 3.73. The maximum absolute atomic E-state index is 13.0. The van der Waals surface area contributed by atoms with Gasteiger partial charge in [0.1, 0.15) is 0 Å². The van der Waals surface area contributed by atoms with Crippen molar-refractivity contribution >= 4 is 46.4 Å². The van der Waals surface area contributed by atoms with E-state index in [1.807, 2.05) is 43.1 Å². The lowest BCUT2D eigenvalue weighted by atomic mass is 10.1. The van der Waals surface area contributed by atoms with Gasteiger partial charge in [0, 0.05) is 40.3 Å². The van der Waals surface area contributed by atoms with Gasteiger partial charge in [0.25, 0.3) is 11.8 Å². The molecule has 0 fully saturated rings. The molecule has 0 unspecified atom stereocenters. The second-order valence-corrected chi connectivity index (χ2v) is 8.60. The third-order valence-corrected chi connectivity index (χ3v) is 5.59. The lowest BCUT2D eigenvalue weighted by molar-refractivity contribution is 0.0961. The normalized spacial score (nSPS) is 12.9. The van der Waals surface area contributed by atoms with Gasteiger partial charge >= 0.3 is 0 Å². The molecule has 0 aromatic heterocycles. The first-order valence-electron chi connectivity index (χ1n) is 10.9. The Bertz CT molecular complexity index is 1350. The van der Waals surface area contributed by atoms with Crippen molar-refractivity contribution in [2.75, 3.05) is 30.0 Å². The molecular weight excluding hydrogens is 464 g/mol. The van der Waals surface area contributed by atoms with Gasteiger partial charge in [-0.2, -0.15) is 0 Å². The van der Waals surface area contributed by atoms with E-state index in [4.69, 9.17) is 17.3 Å². The van der Waals surface area contributed by atoms with Crippen molar-refractivity contribution in [3.05, 3.63) is 100 Å². The van der Waals surface area contributed by atoms with Crippen LogP contribution in [0.15, 0.2) is 83.6 Å². The van der Waals surface area contributed by atoms with Crippen LogP contribution in [0.25, 0.3) is 0 Å². The highest BCUT2D eigenvalue weighted by molar-refractivity contribution is 6.31. The van der Waals surface area contributed by atoms with E-state index in [-0.39, 0.29) is 11.8 Å². The van der Waals surface area contributed by atoms with Crippen LogP contribution in [-0.2, 0) is 0 Å². The van der Waals surface area contributed by atoms with Crippen molar-refractivity contribution in [3.63, 3.8) is 0 Å². The first kappa shape index (κ1) is 23.8. The fraction of sp³-hybridized carbons (Fsp3) is 0.115. The molecule has 1 heterocycles. The molecule has 0 atom stereocenters. The Morgan fingerprint density at radius 1 is 0.971 bits per heavy atom. The van der Waals surface area contributed by atoms with Crippen LogP contribution < -0.4 is 21.7 Å². The molecule has 35 heavy (non-hydrogen) atoms. The van der Waals surface area contributed by atoms with E-state index in [1.54, 1.807) is 48.7 Å². The maximum atomic E-state index is 13.0. The summed E-state index contributed by atoms with van der Waals surface area (Å²) in [4.78, 5) is 31.9. The summed E-state index contributed by atoms with van der Waals surface area (Å²) >= 11 is 5.98. The van der Waals surface area contributed by atoms with Crippen LogP contribution in [0.4, 0.5) is 17.1 Å². The van der Waals surface area contributed by atoms with Gasteiger partial charge in [0.2, 0.25) is 5.96 Å². The number of hydrogen-bond acceptors (Lipinski definition) is 6. The lowest BCUT2D eigenvalue weighted by Crippen LogP contribution is -2.40. The Morgan fingerprint density at radius 3 is 2.51 bits per heavy atom. The molecule has 9 heteroatoms. The first-order chi connectivity index (χ1) is 16.8. The quantitative estimate of drug-likeness (QED) is 0.396. The molecule has 0 spiro atoms. The van der Waals surface area contributed by atoms with Crippen LogP contribution in [0, 0.1) is 6.92 Å². The Morgan fingerprint density at radius 2 is 1.77 bits per heavy atom. The van der Waals surface area contributed by atoms with Gasteiger partial charge in [-0.1, -0.05) is 29.8 Å². The molecular formula is C26H25ClN6O2. The third-order valence-electron chi connectivity index (χ3n) is 5.36. The zero-order valence-corrected chi connectivity index (χ0v) is 20.1. The summed E-state index contributed by atoms with van der Waals surface area (Å²) in [6.07, 6.45) is 1.62. The highest BCUT2D eigenvalue weighted by atomic mass is 35.5. The molecule has 0 aliphatic carbocycles. The topological polar surface area (TPSA) is 112 Å². The highest BCUT2D eigenvalue weighted by Crippen LogP contribution is 2.19. The average Bonchev–Trinajstić information content (AvgIpc) is 2.82. The van der Waals surface area contributed by atoms with Crippen LogP contribution in [0.3, 0.4) is 0 Å². The summed E-state index contributed by atoms with van der Waals surface area (Å²) in [5.41, 5.74) is 10.1. The molecule has 178 valence electrons. The van der Waals surface area contributed by atoms with Crippen LogP contribution in [0.5, 0.6) is 0 Å². The zero-order valence-electron chi connectivity index (χ0n) is 19.3. The van der Waals surface area contributed by atoms with Crippen molar-refractivity contribution in [2.45, 2.75) is 6.92 Å². The van der Waals surface area contributed by atoms with Gasteiger partial charge < -0.3 is 26.6 Å². The number of aliphatic imine (C=N–C) groups is 1. The van der Waals surface area contributed by atoms with E-state index < -0.39 is 0 Å². The number of carbonyl (C=O) groups is 2. The number of amides is 2. The predicted molar refractivity (Wildman–Crippen MR) is 141 cm³/mol. The number of nitrogen functional groups attached to an aromatic ring is 1. The van der Waals surface area contributed by atoms with Crippen LogP contribution in [0.1, 0.15) is 26.3 Å². The summed E-state index contributed by atoms with van der Waals surface area (Å²) in [5, 5.41) is 9.42. The van der Waals surface area contributed by atoms with Crippen LogP contribution in [-0.4, -0.2) is 36.3 Å². The smallest absolute Gasteiger partial charge is 0.255 e. The monoisotopic (exact) mass is 488 g/mol. The number of benzene rings is 3. The molecule has 4 rings (SSSR count). The number of carbonyl (C=O) groups excluding carboxylic acids is 2. The Labute approximate surface area is 208 Å². The number of anilines is 3. The van der Waals surface area contributed by atoms with E-state index in [9.17, 15) is 9.59 Å². The Kier molecular flexibility index (Phi) is 7.03. The molecule has 0 radical (unpaired) electrons. The van der Waals surface area contributed by atoms with Crippen LogP contribution >= 0.6 is 11.6 Å². The number of nitrogens with one attached hydrogen (secondary N) is 3. The van der Waals surface area contributed by atoms with Gasteiger partial charge in [-0.25, -0.2) is 4.99 Å². The van der Waals surface area contributed by atoms with E-state index in [0.717, 1.165) is 11.3 Å². The molecule has 0 saturated heterocycles. The van der Waals surface area contributed by atoms with Crippen molar-refractivity contribution < 1.29 is 9.59 Å². The summed E-state index contributed by atoms with van der Waals surface area (Å²) in [7, 11) is 1.87. The van der Waals surface area contributed by atoms with E-state index >= 15 is 0 Å². The third kappa shape index (κ3) is 5.99. The minimum Gasteiger partial charge on any atom is -0.399 e. The van der Waals surface area contributed by atoms with E-state index in [0.29, 0.717) is 45.7 Å². The van der Waals surface area contributed by atoms with Crippen molar-refractivity contribution in [1.29, 1.82) is 0 Å². The second-order valence-electron chi connectivity index (χ2n) is 8.16. The van der Waals surface area contributed by atoms with Crippen molar-refractivity contribution in [1.82, 2.24) is 10.2 Å². The molecule has 8 nitrogen and oxygen atoms in total. The van der Waals surface area contributed by atoms with Crippen molar-refractivity contribution in [2.24, 2.45) is 4.99 Å². The molecule has 3 aromatic rings. The van der Waals surface area contributed by atoms with Crippen molar-refractivity contribution in [3.8, 4) is 0 Å². The summed E-state index contributed by atoms with van der Waals surface area (Å²) in [6.45, 7) is 2.29. The number of nitrogens with zero attached hydrogens (tertiary/aromatic N) is 2. The second kappa shape index (κ2) is 10.3. The number of rotatable bonds is 5. The highest BCUT2D eigenvalue weighted by Gasteiger charge is 2.18. The number of likely N-dealkylation sites (N-methyl/N-ethyl adjacent to an activating group) is 1. The summed E-state index contributed by atoms with van der Waals surface area (Å²) in [6, 6.07) is 19.2. The first-order valence-corrected chi connectivity index (χ1v) is 11.3. The molecule has 5 N–H and O–H groups in total. The minimum absolute atomic E-state index is 0.288. The molecule has 1 aliphatic rings. The number of nitrogens with two attached hydrogens (primary N) is 1. The molecule has 0 bridgehead atoms. The van der Waals surface area contributed by atoms with Gasteiger partial charge in [-0.3, -0.25) is 9.59 Å². The average molecular weight is 489 g/mol. The van der Waals surface area contributed by atoms with Gasteiger partial charge in [-0.15, -0.1) is 0 Å². The summed E-state index contributed by atoms with van der Waals surface area (Å²) in [5.74, 6) is 0.0350. The zero-order chi connectivity index (χ0) is 24.9. The minimum atomic E-state index is -0.311. The number of aryl methyl sites for hydroxylation is 1. The molecule has 2 amide bonds. The number of halogens is 1. The largest absolute Gasteiger partial charge is 0.399 e.